The quantitative estimate of drug-likeness (QED) is 0.583. The lowest BCUT2D eigenvalue weighted by Gasteiger charge is -2.01. The number of nitrogens with zero attached hydrogens (tertiary/aromatic N) is 1. The number of carbonyl (C=O) groups excluding carboxylic acids is 1. The summed E-state index contributed by atoms with van der Waals surface area (Å²) in [4.78, 5) is 19.9. The molecule has 0 aliphatic carbocycles. The zero-order valence-electron chi connectivity index (χ0n) is 11.2. The normalized spacial score (nSPS) is 13.5. The van der Waals surface area contributed by atoms with E-state index in [1.807, 2.05) is 18.2 Å². The molecule has 2 heterocycles. The molecule has 0 saturated carbocycles. The van der Waals surface area contributed by atoms with E-state index < -0.39 is 0 Å². The molecule has 5 nitrogen and oxygen atoms in total. The van der Waals surface area contributed by atoms with Crippen LogP contribution in [0.3, 0.4) is 0 Å². The van der Waals surface area contributed by atoms with E-state index in [2.05, 4.69) is 25.9 Å². The summed E-state index contributed by atoms with van der Waals surface area (Å²) >= 11 is 3.38. The first-order valence-corrected chi connectivity index (χ1v) is 7.38. The number of H-pyrrole nitrogens is 1. The number of nitrogen functional groups attached to an aromatic ring is 1. The van der Waals surface area contributed by atoms with E-state index in [4.69, 9.17) is 5.73 Å². The van der Waals surface area contributed by atoms with Gasteiger partial charge >= 0.3 is 0 Å². The number of carbonyl (C=O) groups is 1. The number of fused-ring (bicyclic) bond motifs is 2. The highest BCUT2D eigenvalue weighted by molar-refractivity contribution is 9.10. The lowest BCUT2D eigenvalue weighted by Crippen LogP contribution is -2.12. The van der Waals surface area contributed by atoms with Gasteiger partial charge in [0, 0.05) is 15.5 Å². The average molecular weight is 356 g/mol. The van der Waals surface area contributed by atoms with Crippen LogP contribution in [0.25, 0.3) is 10.9 Å². The molecule has 1 aliphatic rings. The van der Waals surface area contributed by atoms with E-state index in [0.29, 0.717) is 22.5 Å². The number of aromatic amines is 1. The number of Topliss-reactive ketones (excluding diaryl/α,β-unsaturated/α-hetero) is 1. The number of hydrogen-bond donors (Lipinski definition) is 3. The number of aliphatic imine (C=N–C) groups is 1. The Hall–Kier alpha value is -2.60. The second kappa shape index (κ2) is 4.45. The van der Waals surface area contributed by atoms with Gasteiger partial charge in [-0.3, -0.25) is 4.79 Å². The molecular formula is C16H10BrN3O2. The van der Waals surface area contributed by atoms with Crippen molar-refractivity contribution in [1.82, 2.24) is 4.98 Å². The fourth-order valence-electron chi connectivity index (χ4n) is 2.75. The van der Waals surface area contributed by atoms with Crippen LogP contribution in [0.15, 0.2) is 45.9 Å². The number of benzene rings is 2. The molecule has 0 amide bonds. The Morgan fingerprint density at radius 1 is 1.18 bits per heavy atom. The number of aromatic hydroxyl groups is 1. The van der Waals surface area contributed by atoms with E-state index in [1.54, 1.807) is 18.2 Å². The van der Waals surface area contributed by atoms with Crippen molar-refractivity contribution >= 4 is 49.7 Å². The molecule has 108 valence electrons. The summed E-state index contributed by atoms with van der Waals surface area (Å²) in [5.74, 6) is -0.348. The van der Waals surface area contributed by atoms with Gasteiger partial charge in [-0.05, 0) is 24.3 Å². The van der Waals surface area contributed by atoms with Gasteiger partial charge in [0.1, 0.15) is 5.71 Å². The number of ketones is 1. The Bertz CT molecular complexity index is 988. The number of nitrogens with two attached hydrogens (primary N) is 1. The Balaban J connectivity index is 1.97. The number of rotatable bonds is 1. The third-order valence-electron chi connectivity index (χ3n) is 3.73. The number of halogens is 1. The highest BCUT2D eigenvalue weighted by atomic mass is 79.9. The van der Waals surface area contributed by atoms with Crippen LogP contribution >= 0.6 is 15.9 Å². The fraction of sp³-hybridized carbons (Fsp3) is 0. The molecule has 0 spiro atoms. The summed E-state index contributed by atoms with van der Waals surface area (Å²) in [5, 5.41) is 11.0. The monoisotopic (exact) mass is 355 g/mol. The fourth-order valence-corrected chi connectivity index (χ4v) is 3.11. The highest BCUT2D eigenvalue weighted by Gasteiger charge is 2.31. The lowest BCUT2D eigenvalue weighted by molar-refractivity contribution is 0.107. The maximum Gasteiger partial charge on any atom is 0.216 e. The van der Waals surface area contributed by atoms with Crippen LogP contribution in [0.1, 0.15) is 15.9 Å². The van der Waals surface area contributed by atoms with Crippen LogP contribution in [-0.4, -0.2) is 21.6 Å². The number of hydrogen-bond acceptors (Lipinski definition) is 4. The minimum Gasteiger partial charge on any atom is -0.494 e. The Kier molecular flexibility index (Phi) is 2.65. The van der Waals surface area contributed by atoms with Crippen molar-refractivity contribution in [2.24, 2.45) is 4.99 Å². The Morgan fingerprint density at radius 2 is 2.00 bits per heavy atom. The van der Waals surface area contributed by atoms with Crippen molar-refractivity contribution in [3.8, 4) is 5.88 Å². The first kappa shape index (κ1) is 13.1. The smallest absolute Gasteiger partial charge is 0.216 e. The molecule has 1 aromatic heterocycles. The molecule has 0 bridgehead atoms. The van der Waals surface area contributed by atoms with Gasteiger partial charge in [0.05, 0.1) is 22.3 Å². The number of anilines is 1. The zero-order chi connectivity index (χ0) is 15.4. The summed E-state index contributed by atoms with van der Waals surface area (Å²) in [6.07, 6.45) is 0. The van der Waals surface area contributed by atoms with Crippen LogP contribution in [0, 0.1) is 0 Å². The minimum atomic E-state index is -0.271. The summed E-state index contributed by atoms with van der Waals surface area (Å²) in [7, 11) is 0. The second-order valence-electron chi connectivity index (χ2n) is 5.07. The molecule has 0 saturated heterocycles. The molecular weight excluding hydrogens is 346 g/mol. The van der Waals surface area contributed by atoms with Crippen molar-refractivity contribution < 1.29 is 9.90 Å². The first-order valence-electron chi connectivity index (χ1n) is 6.58. The topological polar surface area (TPSA) is 91.5 Å². The van der Waals surface area contributed by atoms with E-state index in [1.165, 1.54) is 0 Å². The van der Waals surface area contributed by atoms with E-state index in [0.717, 1.165) is 15.4 Å². The van der Waals surface area contributed by atoms with Gasteiger partial charge in [-0.15, -0.1) is 0 Å². The average Bonchev–Trinajstić information content (AvgIpc) is 2.96. The molecule has 3 aromatic rings. The lowest BCUT2D eigenvalue weighted by atomic mass is 10.0. The molecule has 6 heteroatoms. The number of nitrogens with one attached hydrogen (secondary N) is 1. The molecule has 0 unspecified atom stereocenters. The van der Waals surface area contributed by atoms with Crippen LogP contribution in [0.4, 0.5) is 11.4 Å². The van der Waals surface area contributed by atoms with Crippen molar-refractivity contribution in [3.63, 3.8) is 0 Å². The van der Waals surface area contributed by atoms with Gasteiger partial charge in [0.25, 0.3) is 0 Å². The summed E-state index contributed by atoms with van der Waals surface area (Å²) in [6, 6.07) is 10.7. The predicted molar refractivity (Wildman–Crippen MR) is 89.0 cm³/mol. The molecule has 22 heavy (non-hydrogen) atoms. The molecule has 0 radical (unpaired) electrons. The summed E-state index contributed by atoms with van der Waals surface area (Å²) in [5.41, 5.74) is 8.53. The standard InChI is InChI=1S/C16H10BrN3O2/c17-7-4-5-8-11(6-7)20-16(22)12(8)14-15(21)13-9(18)2-1-3-10(13)19-14/h1-6,20,22H,18H2. The van der Waals surface area contributed by atoms with Crippen LogP contribution in [-0.2, 0) is 0 Å². The zero-order valence-corrected chi connectivity index (χ0v) is 12.8. The molecule has 0 fully saturated rings. The maximum absolute atomic E-state index is 12.6. The van der Waals surface area contributed by atoms with Crippen LogP contribution in [0.5, 0.6) is 5.88 Å². The van der Waals surface area contributed by atoms with Gasteiger partial charge in [-0.1, -0.05) is 28.1 Å². The van der Waals surface area contributed by atoms with Gasteiger partial charge in [-0.25, -0.2) is 4.99 Å². The molecule has 2 aromatic carbocycles. The van der Waals surface area contributed by atoms with Gasteiger partial charge < -0.3 is 15.8 Å². The molecule has 0 atom stereocenters. The molecule has 4 N–H and O–H groups in total. The van der Waals surface area contributed by atoms with E-state index >= 15 is 0 Å². The highest BCUT2D eigenvalue weighted by Crippen LogP contribution is 2.37. The second-order valence-corrected chi connectivity index (χ2v) is 5.99. The SMILES string of the molecule is Nc1cccc2c1C(=O)C(c1c(O)[nH]c3cc(Br)ccc13)=N2. The summed E-state index contributed by atoms with van der Waals surface area (Å²) < 4.78 is 0.875. The van der Waals surface area contributed by atoms with Crippen LogP contribution in [0.2, 0.25) is 0 Å². The largest absolute Gasteiger partial charge is 0.494 e. The van der Waals surface area contributed by atoms with Crippen molar-refractivity contribution in [2.45, 2.75) is 0 Å². The summed E-state index contributed by atoms with van der Waals surface area (Å²) in [6.45, 7) is 0. The van der Waals surface area contributed by atoms with Crippen molar-refractivity contribution in [3.05, 3.63) is 52.0 Å². The number of aromatic nitrogens is 1. The third-order valence-corrected chi connectivity index (χ3v) is 4.22. The van der Waals surface area contributed by atoms with E-state index in [-0.39, 0.29) is 17.4 Å². The van der Waals surface area contributed by atoms with E-state index in [9.17, 15) is 9.90 Å². The molecule has 1 aliphatic heterocycles. The minimum absolute atomic E-state index is 0.0772. The Morgan fingerprint density at radius 3 is 2.77 bits per heavy atom. The van der Waals surface area contributed by atoms with Crippen LogP contribution < -0.4 is 5.73 Å². The third kappa shape index (κ3) is 1.70. The van der Waals surface area contributed by atoms with Crippen molar-refractivity contribution in [2.75, 3.05) is 5.73 Å². The predicted octanol–water partition coefficient (Wildman–Crippen LogP) is 3.54. The Labute approximate surface area is 133 Å². The molecule has 4 rings (SSSR count). The first-order chi connectivity index (χ1) is 10.6. The van der Waals surface area contributed by atoms with Gasteiger partial charge in [0.15, 0.2) is 5.88 Å². The van der Waals surface area contributed by atoms with Gasteiger partial charge in [-0.2, -0.15) is 0 Å². The van der Waals surface area contributed by atoms with Gasteiger partial charge in [0.2, 0.25) is 5.78 Å². The van der Waals surface area contributed by atoms with Crippen molar-refractivity contribution in [1.29, 1.82) is 0 Å². The maximum atomic E-state index is 12.6.